The minimum absolute atomic E-state index is 0.0458. The first-order valence-electron chi connectivity index (χ1n) is 6.99. The van der Waals surface area contributed by atoms with Gasteiger partial charge in [0.1, 0.15) is 11.8 Å². The number of aliphatic hydroxyl groups is 1. The quantitative estimate of drug-likeness (QED) is 0.820. The van der Waals surface area contributed by atoms with E-state index >= 15 is 0 Å². The van der Waals surface area contributed by atoms with E-state index in [1.807, 2.05) is 0 Å². The van der Waals surface area contributed by atoms with E-state index in [9.17, 15) is 14.7 Å². The van der Waals surface area contributed by atoms with E-state index in [1.165, 1.54) is 30.6 Å². The third kappa shape index (κ3) is 2.55. The molecule has 1 N–H and O–H groups in total. The number of furan rings is 2. The van der Waals surface area contributed by atoms with Gasteiger partial charge in [0.05, 0.1) is 24.7 Å². The van der Waals surface area contributed by atoms with Crippen molar-refractivity contribution in [1.82, 2.24) is 4.90 Å². The largest absolute Gasteiger partial charge is 0.503 e. The Hall–Kier alpha value is -2.80. The Kier molecular flexibility index (Phi) is 4.03. The van der Waals surface area contributed by atoms with Gasteiger partial charge in [-0.2, -0.15) is 0 Å². The van der Waals surface area contributed by atoms with Crippen molar-refractivity contribution in [2.24, 2.45) is 0 Å². The van der Waals surface area contributed by atoms with E-state index in [0.717, 1.165) is 0 Å². The fourth-order valence-corrected chi connectivity index (χ4v) is 2.59. The number of hydrogen-bond donors (Lipinski definition) is 1. The van der Waals surface area contributed by atoms with E-state index in [-0.39, 0.29) is 24.5 Å². The van der Waals surface area contributed by atoms with Gasteiger partial charge < -0.3 is 23.6 Å². The fourth-order valence-electron chi connectivity index (χ4n) is 2.59. The smallest absolute Gasteiger partial charge is 0.290 e. The van der Waals surface area contributed by atoms with Gasteiger partial charge in [-0.25, -0.2) is 0 Å². The lowest BCUT2D eigenvalue weighted by Gasteiger charge is -2.24. The number of carbonyl (C=O) groups excluding carboxylic acids is 2. The van der Waals surface area contributed by atoms with Crippen molar-refractivity contribution in [2.75, 3.05) is 20.3 Å². The number of ether oxygens (including phenoxy) is 1. The zero-order valence-corrected chi connectivity index (χ0v) is 12.4. The van der Waals surface area contributed by atoms with Gasteiger partial charge in [0.25, 0.3) is 5.91 Å². The third-order valence-electron chi connectivity index (χ3n) is 3.64. The van der Waals surface area contributed by atoms with Gasteiger partial charge in [0, 0.05) is 13.7 Å². The zero-order chi connectivity index (χ0) is 16.4. The molecule has 2 aromatic heterocycles. The number of amides is 1. The Morgan fingerprint density at radius 1 is 1.30 bits per heavy atom. The fraction of sp³-hybridized carbons (Fsp3) is 0.250. The molecule has 2 aromatic rings. The van der Waals surface area contributed by atoms with Crippen molar-refractivity contribution in [2.45, 2.75) is 6.04 Å². The molecule has 120 valence electrons. The molecule has 0 fully saturated rings. The Bertz CT molecular complexity index is 729. The summed E-state index contributed by atoms with van der Waals surface area (Å²) < 4.78 is 15.4. The lowest BCUT2D eigenvalue weighted by Crippen LogP contribution is -2.33. The molecule has 0 bridgehead atoms. The topological polar surface area (TPSA) is 93.1 Å². The molecule has 23 heavy (non-hydrogen) atoms. The molecule has 1 amide bonds. The average Bonchev–Trinajstić information content (AvgIpc) is 3.28. The van der Waals surface area contributed by atoms with E-state index in [2.05, 4.69) is 0 Å². The predicted molar refractivity (Wildman–Crippen MR) is 77.7 cm³/mol. The normalized spacial score (nSPS) is 18.0. The van der Waals surface area contributed by atoms with E-state index in [1.54, 1.807) is 18.2 Å². The molecule has 7 nitrogen and oxygen atoms in total. The summed E-state index contributed by atoms with van der Waals surface area (Å²) >= 11 is 0. The zero-order valence-electron chi connectivity index (χ0n) is 12.4. The van der Waals surface area contributed by atoms with Crippen molar-refractivity contribution in [3.8, 4) is 0 Å². The van der Waals surface area contributed by atoms with Gasteiger partial charge in [-0.3, -0.25) is 9.59 Å². The van der Waals surface area contributed by atoms with Gasteiger partial charge in [-0.15, -0.1) is 0 Å². The van der Waals surface area contributed by atoms with Crippen LogP contribution in [-0.2, 0) is 9.53 Å². The molecule has 3 heterocycles. The maximum absolute atomic E-state index is 12.6. The van der Waals surface area contributed by atoms with Crippen LogP contribution in [0.3, 0.4) is 0 Å². The molecular formula is C16H15NO6. The van der Waals surface area contributed by atoms with Crippen molar-refractivity contribution >= 4 is 11.7 Å². The summed E-state index contributed by atoms with van der Waals surface area (Å²) in [4.78, 5) is 26.3. The first kappa shape index (κ1) is 15.1. The van der Waals surface area contributed by atoms with Crippen LogP contribution in [0, 0.1) is 0 Å². The minimum Gasteiger partial charge on any atom is -0.503 e. The highest BCUT2D eigenvalue weighted by Crippen LogP contribution is 2.38. The number of carbonyl (C=O) groups is 2. The highest BCUT2D eigenvalue weighted by Gasteiger charge is 2.45. The van der Waals surface area contributed by atoms with E-state index in [4.69, 9.17) is 13.6 Å². The van der Waals surface area contributed by atoms with Crippen LogP contribution >= 0.6 is 0 Å². The monoisotopic (exact) mass is 317 g/mol. The van der Waals surface area contributed by atoms with Crippen LogP contribution in [0.5, 0.6) is 0 Å². The second kappa shape index (κ2) is 6.13. The van der Waals surface area contributed by atoms with Crippen LogP contribution in [0.1, 0.15) is 22.4 Å². The van der Waals surface area contributed by atoms with Crippen LogP contribution in [-0.4, -0.2) is 42.0 Å². The maximum Gasteiger partial charge on any atom is 0.290 e. The second-order valence-corrected chi connectivity index (χ2v) is 4.98. The minimum atomic E-state index is -0.815. The molecule has 1 unspecified atom stereocenters. The van der Waals surface area contributed by atoms with E-state index < -0.39 is 23.5 Å². The Morgan fingerprint density at radius 3 is 2.65 bits per heavy atom. The summed E-state index contributed by atoms with van der Waals surface area (Å²) in [6.07, 6.45) is 2.80. The number of aliphatic hydroxyl groups excluding tert-OH is 1. The second-order valence-electron chi connectivity index (χ2n) is 4.98. The maximum atomic E-state index is 12.6. The molecule has 0 aromatic carbocycles. The summed E-state index contributed by atoms with van der Waals surface area (Å²) in [5.74, 6) is -1.36. The number of rotatable bonds is 6. The highest BCUT2D eigenvalue weighted by atomic mass is 16.5. The first-order valence-corrected chi connectivity index (χ1v) is 6.99. The molecule has 7 heteroatoms. The van der Waals surface area contributed by atoms with E-state index in [0.29, 0.717) is 5.76 Å². The molecule has 3 rings (SSSR count). The molecule has 0 aliphatic carbocycles. The molecule has 0 saturated heterocycles. The standard InChI is InChI=1S/C16H15NO6/c1-21-9-6-17-13(10-4-2-7-22-10)12(15(19)16(17)20)14(18)11-5-3-8-23-11/h2-5,7-8,13,19H,6,9H2,1H3. The lowest BCUT2D eigenvalue weighted by atomic mass is 10.00. The summed E-state index contributed by atoms with van der Waals surface area (Å²) in [5.41, 5.74) is -0.0593. The lowest BCUT2D eigenvalue weighted by molar-refractivity contribution is -0.130. The molecule has 1 aliphatic rings. The highest BCUT2D eigenvalue weighted by molar-refractivity contribution is 6.14. The first-order chi connectivity index (χ1) is 11.1. The van der Waals surface area contributed by atoms with Crippen LogP contribution in [0.15, 0.2) is 57.0 Å². The molecule has 0 saturated carbocycles. The molecule has 1 atom stereocenters. The molecular weight excluding hydrogens is 302 g/mol. The summed E-state index contributed by atoms with van der Waals surface area (Å²) in [7, 11) is 1.50. The van der Waals surface area contributed by atoms with Gasteiger partial charge in [-0.05, 0) is 24.3 Å². The molecule has 1 aliphatic heterocycles. The molecule has 0 radical (unpaired) electrons. The van der Waals surface area contributed by atoms with Crippen LogP contribution in [0.25, 0.3) is 0 Å². The van der Waals surface area contributed by atoms with Crippen molar-refractivity contribution < 1.29 is 28.3 Å². The van der Waals surface area contributed by atoms with Crippen LogP contribution in [0.2, 0.25) is 0 Å². The number of hydrogen-bond acceptors (Lipinski definition) is 6. The van der Waals surface area contributed by atoms with Crippen molar-refractivity contribution in [1.29, 1.82) is 0 Å². The third-order valence-corrected chi connectivity index (χ3v) is 3.64. The van der Waals surface area contributed by atoms with Gasteiger partial charge in [-0.1, -0.05) is 0 Å². The van der Waals surface area contributed by atoms with Crippen LogP contribution < -0.4 is 0 Å². The number of ketones is 1. The predicted octanol–water partition coefficient (Wildman–Crippen LogP) is 2.10. The Morgan fingerprint density at radius 2 is 2.04 bits per heavy atom. The van der Waals surface area contributed by atoms with Gasteiger partial charge in [0.2, 0.25) is 5.78 Å². The number of methoxy groups -OCH3 is 1. The van der Waals surface area contributed by atoms with Crippen LogP contribution in [0.4, 0.5) is 0 Å². The van der Waals surface area contributed by atoms with Crippen molar-refractivity contribution in [3.63, 3.8) is 0 Å². The average molecular weight is 317 g/mol. The summed E-state index contributed by atoms with van der Waals surface area (Å²) in [6.45, 7) is 0.470. The Labute approximate surface area is 131 Å². The summed E-state index contributed by atoms with van der Waals surface area (Å²) in [6, 6.07) is 5.52. The summed E-state index contributed by atoms with van der Waals surface area (Å²) in [5, 5.41) is 10.2. The number of nitrogens with zero attached hydrogens (tertiary/aromatic N) is 1. The molecule has 0 spiro atoms. The SMILES string of the molecule is COCCN1C(=O)C(O)=C(C(=O)c2ccco2)C1c1ccco1. The van der Waals surface area contributed by atoms with Gasteiger partial charge in [0.15, 0.2) is 11.5 Å². The van der Waals surface area contributed by atoms with Crippen molar-refractivity contribution in [3.05, 3.63) is 59.6 Å². The Balaban J connectivity index is 2.03. The van der Waals surface area contributed by atoms with Gasteiger partial charge >= 0.3 is 0 Å². The number of Topliss-reactive ketones (excluding diaryl/α,β-unsaturated/α-hetero) is 1.